The van der Waals surface area contributed by atoms with Crippen LogP contribution < -0.4 is 5.32 Å². The molecule has 2 bridgehead atoms. The fourth-order valence-corrected chi connectivity index (χ4v) is 5.44. The van der Waals surface area contributed by atoms with Gasteiger partial charge in [-0.1, -0.05) is 0 Å². The number of pyridine rings is 1. The third-order valence-corrected chi connectivity index (χ3v) is 6.83. The summed E-state index contributed by atoms with van der Waals surface area (Å²) in [5, 5.41) is 3.09. The van der Waals surface area contributed by atoms with E-state index in [2.05, 4.69) is 20.1 Å². The van der Waals surface area contributed by atoms with Gasteiger partial charge in [0.2, 0.25) is 5.91 Å². The molecule has 4 rings (SSSR count). The van der Waals surface area contributed by atoms with Crippen molar-refractivity contribution in [3.05, 3.63) is 29.6 Å². The van der Waals surface area contributed by atoms with Gasteiger partial charge in [0.1, 0.15) is 0 Å². The highest BCUT2D eigenvalue weighted by Gasteiger charge is 2.49. The number of methoxy groups -OCH3 is 1. The van der Waals surface area contributed by atoms with Crippen LogP contribution in [0.25, 0.3) is 0 Å². The third-order valence-electron chi connectivity index (χ3n) is 6.83. The van der Waals surface area contributed by atoms with E-state index in [1.807, 2.05) is 13.0 Å². The fraction of sp³-hybridized carbons (Fsp3) is 0.682. The second-order valence-electron chi connectivity index (χ2n) is 8.73. The molecule has 4 heterocycles. The van der Waals surface area contributed by atoms with Gasteiger partial charge < -0.3 is 19.9 Å². The summed E-state index contributed by atoms with van der Waals surface area (Å²) in [7, 11) is 1.74. The van der Waals surface area contributed by atoms with Gasteiger partial charge in [-0.05, 0) is 50.2 Å². The summed E-state index contributed by atoms with van der Waals surface area (Å²) >= 11 is 0. The number of carbonyl (C=O) groups is 2. The summed E-state index contributed by atoms with van der Waals surface area (Å²) in [6, 6.07) is 4.02. The first-order chi connectivity index (χ1) is 14.1. The van der Waals surface area contributed by atoms with Crippen LogP contribution in [-0.2, 0) is 9.53 Å². The molecule has 29 heavy (non-hydrogen) atoms. The Morgan fingerprint density at radius 2 is 2.14 bits per heavy atom. The van der Waals surface area contributed by atoms with Gasteiger partial charge in [0.15, 0.2) is 0 Å². The van der Waals surface area contributed by atoms with Crippen molar-refractivity contribution in [3.8, 4) is 0 Å². The maximum Gasteiger partial charge on any atom is 0.252 e. The molecule has 0 aliphatic carbocycles. The van der Waals surface area contributed by atoms with Crippen LogP contribution in [0, 0.1) is 18.8 Å². The largest absolute Gasteiger partial charge is 0.383 e. The molecule has 1 N–H and O–H groups in total. The number of hydrogen-bond acceptors (Lipinski definition) is 5. The first kappa shape index (κ1) is 20.3. The summed E-state index contributed by atoms with van der Waals surface area (Å²) in [6.07, 6.45) is 5.45. The van der Waals surface area contributed by atoms with E-state index >= 15 is 0 Å². The molecule has 7 heteroatoms. The molecule has 0 saturated carbocycles. The molecule has 3 saturated heterocycles. The van der Waals surface area contributed by atoms with Crippen molar-refractivity contribution < 1.29 is 14.3 Å². The molecule has 7 nitrogen and oxygen atoms in total. The number of aryl methyl sites for hydroxylation is 1. The number of rotatable bonds is 6. The predicted octanol–water partition coefficient (Wildman–Crippen LogP) is 1.47. The zero-order valence-electron chi connectivity index (χ0n) is 17.5. The number of hydrogen-bond donors (Lipinski definition) is 1. The molecule has 3 fully saturated rings. The number of amides is 2. The van der Waals surface area contributed by atoms with Gasteiger partial charge in [-0.2, -0.15) is 0 Å². The molecule has 0 spiro atoms. The molecule has 2 amide bonds. The summed E-state index contributed by atoms with van der Waals surface area (Å²) < 4.78 is 5.28. The number of ether oxygens (including phenoxy) is 1. The van der Waals surface area contributed by atoms with Gasteiger partial charge in [0, 0.05) is 57.6 Å². The number of fused-ring (bicyclic) bond motifs is 4. The van der Waals surface area contributed by atoms with Crippen molar-refractivity contribution in [1.29, 1.82) is 0 Å². The minimum Gasteiger partial charge on any atom is -0.383 e. The van der Waals surface area contributed by atoms with E-state index in [1.165, 1.54) is 0 Å². The first-order valence-corrected chi connectivity index (χ1v) is 10.8. The van der Waals surface area contributed by atoms with E-state index in [1.54, 1.807) is 19.4 Å². The lowest BCUT2D eigenvalue weighted by atomic mass is 9.72. The van der Waals surface area contributed by atoms with Crippen LogP contribution in [0.2, 0.25) is 0 Å². The quantitative estimate of drug-likeness (QED) is 0.783. The molecule has 0 aromatic carbocycles. The number of likely N-dealkylation sites (tertiary alicyclic amines) is 1. The van der Waals surface area contributed by atoms with E-state index in [0.29, 0.717) is 36.4 Å². The van der Waals surface area contributed by atoms with Crippen molar-refractivity contribution in [2.24, 2.45) is 11.8 Å². The lowest BCUT2D eigenvalue weighted by Crippen LogP contribution is -2.67. The Labute approximate surface area is 172 Å². The Kier molecular flexibility index (Phi) is 6.15. The first-order valence-electron chi connectivity index (χ1n) is 10.8. The van der Waals surface area contributed by atoms with Gasteiger partial charge in [-0.3, -0.25) is 14.6 Å². The Hall–Kier alpha value is -1.99. The molecular formula is C22H32N4O3. The molecule has 1 aromatic rings. The fourth-order valence-electron chi connectivity index (χ4n) is 5.44. The van der Waals surface area contributed by atoms with E-state index in [9.17, 15) is 9.59 Å². The zero-order valence-corrected chi connectivity index (χ0v) is 17.5. The molecular weight excluding hydrogens is 368 g/mol. The second kappa shape index (κ2) is 8.79. The maximum atomic E-state index is 12.8. The van der Waals surface area contributed by atoms with Crippen LogP contribution in [0.15, 0.2) is 18.3 Å². The Morgan fingerprint density at radius 1 is 1.31 bits per heavy atom. The molecule has 3 aliphatic rings. The average Bonchev–Trinajstić information content (AvgIpc) is 2.73. The topological polar surface area (TPSA) is 74.8 Å². The summed E-state index contributed by atoms with van der Waals surface area (Å²) in [6.45, 7) is 6.07. The minimum absolute atomic E-state index is 0.0664. The standard InChI is InChI=1S/C22H32N4O3/c1-15-6-7-16(11-23-15)22(28)24-12-20-18-10-17(13-25(14-18)8-9-29-2)19-4-3-5-21(27)26(19)20/h6-7,11,17-20H,3-5,8-10,12-14H2,1-2H3,(H,24,28)/t17-,18+,19+,20+/m1/s1. The molecule has 0 radical (unpaired) electrons. The van der Waals surface area contributed by atoms with Crippen LogP contribution in [-0.4, -0.2) is 78.6 Å². The smallest absolute Gasteiger partial charge is 0.252 e. The summed E-state index contributed by atoms with van der Waals surface area (Å²) in [5.41, 5.74) is 1.45. The van der Waals surface area contributed by atoms with Gasteiger partial charge in [-0.15, -0.1) is 0 Å². The van der Waals surface area contributed by atoms with E-state index in [0.717, 1.165) is 51.2 Å². The molecule has 158 valence electrons. The van der Waals surface area contributed by atoms with Crippen molar-refractivity contribution in [2.75, 3.05) is 39.9 Å². The van der Waals surface area contributed by atoms with Crippen molar-refractivity contribution >= 4 is 11.8 Å². The van der Waals surface area contributed by atoms with Gasteiger partial charge in [0.05, 0.1) is 18.2 Å². The molecule has 3 aliphatic heterocycles. The molecule has 4 atom stereocenters. The highest BCUT2D eigenvalue weighted by Crippen LogP contribution is 2.41. The Balaban J connectivity index is 1.48. The normalized spacial score (nSPS) is 29.4. The van der Waals surface area contributed by atoms with Gasteiger partial charge >= 0.3 is 0 Å². The van der Waals surface area contributed by atoms with Crippen molar-refractivity contribution in [3.63, 3.8) is 0 Å². The Bertz CT molecular complexity index is 738. The molecule has 0 unspecified atom stereocenters. The summed E-state index contributed by atoms with van der Waals surface area (Å²) in [5.74, 6) is 1.06. The van der Waals surface area contributed by atoms with Crippen LogP contribution in [0.3, 0.4) is 0 Å². The van der Waals surface area contributed by atoms with E-state index in [4.69, 9.17) is 4.74 Å². The number of piperidine rings is 3. The highest BCUT2D eigenvalue weighted by molar-refractivity contribution is 5.93. The predicted molar refractivity (Wildman–Crippen MR) is 109 cm³/mol. The van der Waals surface area contributed by atoms with E-state index < -0.39 is 0 Å². The number of nitrogens with one attached hydrogen (secondary N) is 1. The third kappa shape index (κ3) is 4.31. The zero-order chi connectivity index (χ0) is 20.4. The van der Waals surface area contributed by atoms with Crippen LogP contribution in [0.4, 0.5) is 0 Å². The molecule has 1 aromatic heterocycles. The van der Waals surface area contributed by atoms with Crippen LogP contribution in [0.1, 0.15) is 41.7 Å². The highest BCUT2D eigenvalue weighted by atomic mass is 16.5. The van der Waals surface area contributed by atoms with Gasteiger partial charge in [0.25, 0.3) is 5.91 Å². The summed E-state index contributed by atoms with van der Waals surface area (Å²) in [4.78, 5) is 34.3. The Morgan fingerprint density at radius 3 is 2.90 bits per heavy atom. The van der Waals surface area contributed by atoms with Crippen molar-refractivity contribution in [2.45, 2.75) is 44.7 Å². The number of carbonyl (C=O) groups excluding carboxylic acids is 2. The second-order valence-corrected chi connectivity index (χ2v) is 8.73. The van der Waals surface area contributed by atoms with Crippen LogP contribution in [0.5, 0.6) is 0 Å². The number of aromatic nitrogens is 1. The van der Waals surface area contributed by atoms with E-state index in [-0.39, 0.29) is 17.9 Å². The number of nitrogens with zero attached hydrogens (tertiary/aromatic N) is 3. The maximum absolute atomic E-state index is 12.8. The lowest BCUT2D eigenvalue weighted by molar-refractivity contribution is -0.152. The van der Waals surface area contributed by atoms with Crippen molar-refractivity contribution in [1.82, 2.24) is 20.1 Å². The SMILES string of the molecule is COCCN1C[C@H]2C[C@@H](C1)[C@H](CNC(=O)c1ccc(C)nc1)N1C(=O)CCC[C@@H]21. The van der Waals surface area contributed by atoms with Gasteiger partial charge in [-0.25, -0.2) is 0 Å². The van der Waals surface area contributed by atoms with Crippen LogP contribution >= 0.6 is 0 Å². The monoisotopic (exact) mass is 400 g/mol. The minimum atomic E-state index is -0.118. The lowest BCUT2D eigenvalue weighted by Gasteiger charge is -2.56. The average molecular weight is 401 g/mol.